The highest BCUT2D eigenvalue weighted by Crippen LogP contribution is 2.41. The van der Waals surface area contributed by atoms with Crippen molar-refractivity contribution in [1.29, 1.82) is 0 Å². The molecule has 82 valence electrons. The van der Waals surface area contributed by atoms with Crippen LogP contribution in [0.25, 0.3) is 0 Å². The van der Waals surface area contributed by atoms with Crippen LogP contribution in [-0.2, 0) is 4.79 Å². The molecule has 1 unspecified atom stereocenters. The summed E-state index contributed by atoms with van der Waals surface area (Å²) in [5, 5.41) is 6.29. The van der Waals surface area contributed by atoms with E-state index in [1.54, 1.807) is 0 Å². The second-order valence-electron chi connectivity index (χ2n) is 4.04. The van der Waals surface area contributed by atoms with E-state index in [1.165, 1.54) is 0 Å². The molecule has 0 bridgehead atoms. The fraction of sp³-hybridized carbons (Fsp3) is 0.889. The van der Waals surface area contributed by atoms with Crippen molar-refractivity contribution >= 4 is 18.3 Å². The molecule has 0 aromatic rings. The van der Waals surface area contributed by atoms with E-state index in [0.29, 0.717) is 24.3 Å². The van der Waals surface area contributed by atoms with Gasteiger partial charge in [0, 0.05) is 19.1 Å². The third-order valence-electron chi connectivity index (χ3n) is 3.18. The summed E-state index contributed by atoms with van der Waals surface area (Å²) in [6, 6.07) is 0.0839. The summed E-state index contributed by atoms with van der Waals surface area (Å²) in [4.78, 5) is 11.4. The van der Waals surface area contributed by atoms with Gasteiger partial charge in [-0.25, -0.2) is 0 Å². The maximum absolute atomic E-state index is 11.4. The van der Waals surface area contributed by atoms with E-state index in [2.05, 4.69) is 10.6 Å². The summed E-state index contributed by atoms with van der Waals surface area (Å²) in [6.45, 7) is 4.04. The molecule has 0 radical (unpaired) electrons. The standard InChI is InChI=1S/C9H17N3O.ClH/c1-2-7(10)9(13)12-8-5-3-11-4-6(5)8;/h5-8,11H,2-4,10H2,1H3,(H,12,13);1H/t5-,6+,7-,8?;/m1./s1. The first kappa shape index (κ1) is 11.8. The zero-order valence-corrected chi connectivity index (χ0v) is 9.14. The van der Waals surface area contributed by atoms with E-state index < -0.39 is 0 Å². The van der Waals surface area contributed by atoms with E-state index in [-0.39, 0.29) is 24.4 Å². The number of rotatable bonds is 3. The Morgan fingerprint density at radius 3 is 2.64 bits per heavy atom. The van der Waals surface area contributed by atoms with Crippen molar-refractivity contribution in [3.8, 4) is 0 Å². The van der Waals surface area contributed by atoms with Crippen molar-refractivity contribution in [2.24, 2.45) is 17.6 Å². The van der Waals surface area contributed by atoms with Gasteiger partial charge in [-0.05, 0) is 18.3 Å². The Morgan fingerprint density at radius 2 is 2.14 bits per heavy atom. The molecule has 4 nitrogen and oxygen atoms in total. The third kappa shape index (κ3) is 2.02. The van der Waals surface area contributed by atoms with Crippen LogP contribution < -0.4 is 16.4 Å². The van der Waals surface area contributed by atoms with Gasteiger partial charge in [0.2, 0.25) is 5.91 Å². The lowest BCUT2D eigenvalue weighted by molar-refractivity contribution is -0.122. The van der Waals surface area contributed by atoms with Crippen LogP contribution in [0.15, 0.2) is 0 Å². The van der Waals surface area contributed by atoms with Crippen molar-refractivity contribution in [2.75, 3.05) is 13.1 Å². The van der Waals surface area contributed by atoms with Gasteiger partial charge >= 0.3 is 0 Å². The third-order valence-corrected chi connectivity index (χ3v) is 3.18. The molecule has 2 aliphatic rings. The van der Waals surface area contributed by atoms with Crippen LogP contribution in [0.4, 0.5) is 0 Å². The molecular formula is C9H18ClN3O. The molecule has 14 heavy (non-hydrogen) atoms. The molecule has 1 saturated carbocycles. The number of hydrogen-bond donors (Lipinski definition) is 3. The first-order chi connectivity index (χ1) is 6.24. The van der Waals surface area contributed by atoms with Crippen LogP contribution in [0.5, 0.6) is 0 Å². The van der Waals surface area contributed by atoms with Gasteiger partial charge in [0.25, 0.3) is 0 Å². The Bertz CT molecular complexity index is 214. The second-order valence-corrected chi connectivity index (χ2v) is 4.04. The normalized spacial score (nSPS) is 35.4. The monoisotopic (exact) mass is 219 g/mol. The number of carbonyl (C=O) groups excluding carboxylic acids is 1. The van der Waals surface area contributed by atoms with Gasteiger partial charge < -0.3 is 16.4 Å². The number of hydrogen-bond acceptors (Lipinski definition) is 3. The molecule has 0 spiro atoms. The molecule has 4 N–H and O–H groups in total. The highest BCUT2D eigenvalue weighted by atomic mass is 35.5. The molecule has 1 aliphatic heterocycles. The number of nitrogens with one attached hydrogen (secondary N) is 2. The SMILES string of the molecule is CC[C@@H](N)C(=O)NC1[C@H]2CNC[C@@H]12.Cl. The minimum atomic E-state index is -0.325. The second kappa shape index (κ2) is 4.47. The molecule has 0 aromatic carbocycles. The first-order valence-electron chi connectivity index (χ1n) is 5.00. The van der Waals surface area contributed by atoms with E-state index >= 15 is 0 Å². The van der Waals surface area contributed by atoms with Crippen LogP contribution in [-0.4, -0.2) is 31.1 Å². The number of piperidine rings is 1. The van der Waals surface area contributed by atoms with Gasteiger partial charge in [-0.15, -0.1) is 12.4 Å². The van der Waals surface area contributed by atoms with E-state index in [1.807, 2.05) is 6.92 Å². The smallest absolute Gasteiger partial charge is 0.237 e. The fourth-order valence-electron chi connectivity index (χ4n) is 2.09. The van der Waals surface area contributed by atoms with Crippen molar-refractivity contribution in [3.63, 3.8) is 0 Å². The van der Waals surface area contributed by atoms with E-state index in [0.717, 1.165) is 13.1 Å². The Labute approximate surface area is 90.4 Å². The van der Waals surface area contributed by atoms with Crippen molar-refractivity contribution in [3.05, 3.63) is 0 Å². The van der Waals surface area contributed by atoms with Gasteiger partial charge in [0.15, 0.2) is 0 Å². The predicted molar refractivity (Wildman–Crippen MR) is 57.3 cm³/mol. The maximum Gasteiger partial charge on any atom is 0.237 e. The lowest BCUT2D eigenvalue weighted by Gasteiger charge is -2.11. The summed E-state index contributed by atoms with van der Waals surface area (Å²) in [6.07, 6.45) is 0.714. The molecular weight excluding hydrogens is 202 g/mol. The minimum Gasteiger partial charge on any atom is -0.351 e. The minimum absolute atomic E-state index is 0. The molecule has 1 aliphatic carbocycles. The van der Waals surface area contributed by atoms with Crippen LogP contribution >= 0.6 is 12.4 Å². The van der Waals surface area contributed by atoms with Gasteiger partial charge in [-0.1, -0.05) is 6.92 Å². The van der Waals surface area contributed by atoms with Crippen LogP contribution in [0.2, 0.25) is 0 Å². The molecule has 2 fully saturated rings. The average Bonchev–Trinajstić information content (AvgIpc) is 2.63. The molecule has 4 atom stereocenters. The predicted octanol–water partition coefficient (Wildman–Crippen LogP) is -0.520. The molecule has 0 aromatic heterocycles. The van der Waals surface area contributed by atoms with Crippen molar-refractivity contribution in [1.82, 2.24) is 10.6 Å². The van der Waals surface area contributed by atoms with Crippen molar-refractivity contribution < 1.29 is 4.79 Å². The highest BCUT2D eigenvalue weighted by Gasteiger charge is 2.53. The highest BCUT2D eigenvalue weighted by molar-refractivity contribution is 5.85. The summed E-state index contributed by atoms with van der Waals surface area (Å²) < 4.78 is 0. The summed E-state index contributed by atoms with van der Waals surface area (Å²) >= 11 is 0. The quantitative estimate of drug-likeness (QED) is 0.599. The van der Waals surface area contributed by atoms with Crippen LogP contribution in [0.3, 0.4) is 0 Å². The maximum atomic E-state index is 11.4. The number of carbonyl (C=O) groups is 1. The molecule has 1 heterocycles. The Balaban J connectivity index is 0.000000980. The fourth-order valence-corrected chi connectivity index (χ4v) is 2.09. The van der Waals surface area contributed by atoms with E-state index in [9.17, 15) is 4.79 Å². The van der Waals surface area contributed by atoms with Gasteiger partial charge in [0.05, 0.1) is 6.04 Å². The number of halogens is 1. The lowest BCUT2D eigenvalue weighted by Crippen LogP contribution is -2.43. The number of amides is 1. The zero-order chi connectivity index (χ0) is 9.42. The molecule has 2 rings (SSSR count). The molecule has 5 heteroatoms. The van der Waals surface area contributed by atoms with Gasteiger partial charge in [-0.2, -0.15) is 0 Å². The van der Waals surface area contributed by atoms with E-state index in [4.69, 9.17) is 5.73 Å². The summed E-state index contributed by atoms with van der Waals surface area (Å²) in [5.74, 6) is 1.36. The molecule has 1 saturated heterocycles. The Hall–Kier alpha value is -0.320. The Kier molecular flexibility index (Phi) is 3.75. The lowest BCUT2D eigenvalue weighted by atomic mass is 10.2. The first-order valence-corrected chi connectivity index (χ1v) is 5.00. The topological polar surface area (TPSA) is 67.2 Å². The number of nitrogens with two attached hydrogens (primary N) is 1. The summed E-state index contributed by atoms with van der Waals surface area (Å²) in [5.41, 5.74) is 5.62. The Morgan fingerprint density at radius 1 is 1.57 bits per heavy atom. The van der Waals surface area contributed by atoms with Gasteiger partial charge in [-0.3, -0.25) is 4.79 Å². The molecule has 1 amide bonds. The summed E-state index contributed by atoms with van der Waals surface area (Å²) in [7, 11) is 0. The number of fused-ring (bicyclic) bond motifs is 1. The van der Waals surface area contributed by atoms with Crippen molar-refractivity contribution in [2.45, 2.75) is 25.4 Å². The van der Waals surface area contributed by atoms with Crippen LogP contribution in [0, 0.1) is 11.8 Å². The van der Waals surface area contributed by atoms with Gasteiger partial charge in [0.1, 0.15) is 0 Å². The average molecular weight is 220 g/mol. The zero-order valence-electron chi connectivity index (χ0n) is 8.32. The van der Waals surface area contributed by atoms with Crippen LogP contribution in [0.1, 0.15) is 13.3 Å². The largest absolute Gasteiger partial charge is 0.351 e.